The predicted octanol–water partition coefficient (Wildman–Crippen LogP) is 4.06. The van der Waals surface area contributed by atoms with Crippen LogP contribution in [0, 0.1) is 12.7 Å². The summed E-state index contributed by atoms with van der Waals surface area (Å²) in [6.45, 7) is 1.61. The third-order valence-corrected chi connectivity index (χ3v) is 7.21. The van der Waals surface area contributed by atoms with Gasteiger partial charge < -0.3 is 20.9 Å². The highest BCUT2D eigenvalue weighted by Crippen LogP contribution is 2.47. The maximum absolute atomic E-state index is 14.6. The fourth-order valence-electron chi connectivity index (χ4n) is 4.63. The molecule has 0 spiro atoms. The number of amides is 2. The number of hydrogen-bond donors (Lipinski definition) is 3. The average Bonchev–Trinajstić information content (AvgIpc) is 3.28. The van der Waals surface area contributed by atoms with E-state index in [4.69, 9.17) is 10.5 Å². The number of ether oxygens (including phenoxy) is 1. The van der Waals surface area contributed by atoms with Crippen LogP contribution in [-0.2, 0) is 15.8 Å². The van der Waals surface area contributed by atoms with Crippen LogP contribution in [0.15, 0.2) is 60.8 Å². The number of fused-ring (bicyclic) bond motifs is 2. The first-order valence-electron chi connectivity index (χ1n) is 12.4. The highest BCUT2D eigenvalue weighted by molar-refractivity contribution is 5.98. The van der Waals surface area contributed by atoms with Crippen molar-refractivity contribution in [3.63, 3.8) is 0 Å². The van der Waals surface area contributed by atoms with Gasteiger partial charge in [0.05, 0.1) is 17.8 Å². The first-order chi connectivity index (χ1) is 19.2. The molecule has 12 heteroatoms. The molecule has 212 valence electrons. The maximum Gasteiger partial charge on any atom is 0.424 e. The number of hydrogen-bond acceptors (Lipinski definition) is 6. The zero-order valence-corrected chi connectivity index (χ0v) is 21.8. The number of aryl methyl sites for hydroxylation is 1. The SMILES string of the molecule is Cc1cnc2ccc(C(=O)NCC(O)(c3cc4c(c(-c5ccc(F)cc5)n3)OC[C@]4(C)C(N)=O)C(F)(F)F)cc2c1. The summed E-state index contributed by atoms with van der Waals surface area (Å²) in [6, 6.07) is 11.8. The van der Waals surface area contributed by atoms with Crippen molar-refractivity contribution in [3.8, 4) is 17.0 Å². The van der Waals surface area contributed by atoms with Gasteiger partial charge in [0, 0.05) is 28.3 Å². The molecule has 4 aromatic rings. The molecule has 3 heterocycles. The second-order valence-electron chi connectivity index (χ2n) is 10.2. The number of carbonyl (C=O) groups excluding carboxylic acids is 2. The van der Waals surface area contributed by atoms with Gasteiger partial charge in [-0.25, -0.2) is 9.37 Å². The molecular formula is C29H24F4N4O4. The Balaban J connectivity index is 1.58. The van der Waals surface area contributed by atoms with E-state index in [1.807, 2.05) is 0 Å². The lowest BCUT2D eigenvalue weighted by Crippen LogP contribution is -2.51. The van der Waals surface area contributed by atoms with Gasteiger partial charge in [-0.05, 0) is 74.0 Å². The van der Waals surface area contributed by atoms with E-state index in [1.165, 1.54) is 31.2 Å². The molecule has 0 fully saturated rings. The summed E-state index contributed by atoms with van der Waals surface area (Å²) >= 11 is 0. The quantitative estimate of drug-likeness (QED) is 0.301. The van der Waals surface area contributed by atoms with E-state index in [9.17, 15) is 32.3 Å². The Bertz CT molecular complexity index is 1690. The number of halogens is 4. The number of rotatable bonds is 6. The highest BCUT2D eigenvalue weighted by atomic mass is 19.4. The number of aliphatic hydroxyl groups is 1. The number of carbonyl (C=O) groups is 2. The van der Waals surface area contributed by atoms with Crippen LogP contribution in [0.3, 0.4) is 0 Å². The fraction of sp³-hybridized carbons (Fsp3) is 0.241. The summed E-state index contributed by atoms with van der Waals surface area (Å²) in [5.41, 5.74) is 0.895. The van der Waals surface area contributed by atoms with Gasteiger partial charge in [0.25, 0.3) is 5.91 Å². The molecule has 0 radical (unpaired) electrons. The molecule has 2 amide bonds. The smallest absolute Gasteiger partial charge is 0.424 e. The number of nitrogens with two attached hydrogens (primary N) is 1. The van der Waals surface area contributed by atoms with E-state index in [0.717, 1.165) is 23.8 Å². The standard InChI is InChI=1S/C29H24F4N4O4/c1-15-9-18-10-17(5-8-21(18)35-12-15)25(38)36-13-28(40,29(31,32)33)22-11-20-24(41-14-27(20,2)26(34)39)23(37-22)16-3-6-19(30)7-4-16/h3-12,40H,13-14H2,1-2H3,(H2,34,39)(H,36,38)/t27-,28?/m0/s1. The Morgan fingerprint density at radius 3 is 2.49 bits per heavy atom. The molecule has 0 aliphatic carbocycles. The first kappa shape index (κ1) is 28.0. The summed E-state index contributed by atoms with van der Waals surface area (Å²) in [6.07, 6.45) is -3.68. The van der Waals surface area contributed by atoms with E-state index < -0.39 is 47.1 Å². The van der Waals surface area contributed by atoms with Crippen LogP contribution in [0.1, 0.15) is 34.1 Å². The highest BCUT2D eigenvalue weighted by Gasteiger charge is 2.57. The van der Waals surface area contributed by atoms with Gasteiger partial charge in [-0.1, -0.05) is 0 Å². The average molecular weight is 569 g/mol. The van der Waals surface area contributed by atoms with Crippen LogP contribution >= 0.6 is 0 Å². The lowest BCUT2D eigenvalue weighted by Gasteiger charge is -2.31. The van der Waals surface area contributed by atoms with Gasteiger partial charge in [-0.2, -0.15) is 13.2 Å². The van der Waals surface area contributed by atoms with Crippen LogP contribution < -0.4 is 15.8 Å². The third-order valence-electron chi connectivity index (χ3n) is 7.21. The molecule has 0 saturated carbocycles. The lowest BCUT2D eigenvalue weighted by atomic mass is 9.81. The molecule has 1 unspecified atom stereocenters. The Hall–Kier alpha value is -4.58. The molecule has 41 heavy (non-hydrogen) atoms. The van der Waals surface area contributed by atoms with Crippen molar-refractivity contribution in [1.29, 1.82) is 0 Å². The topological polar surface area (TPSA) is 127 Å². The van der Waals surface area contributed by atoms with E-state index >= 15 is 0 Å². The minimum Gasteiger partial charge on any atom is -0.489 e. The largest absolute Gasteiger partial charge is 0.489 e. The molecule has 0 bridgehead atoms. The van der Waals surface area contributed by atoms with Gasteiger partial charge >= 0.3 is 6.18 Å². The van der Waals surface area contributed by atoms with E-state index in [-0.39, 0.29) is 34.7 Å². The van der Waals surface area contributed by atoms with Crippen LogP contribution in [0.5, 0.6) is 5.75 Å². The summed E-state index contributed by atoms with van der Waals surface area (Å²) in [5, 5.41) is 13.9. The van der Waals surface area contributed by atoms with Gasteiger partial charge in [0.1, 0.15) is 29.3 Å². The number of nitrogens with zero attached hydrogens (tertiary/aromatic N) is 2. The number of nitrogens with one attached hydrogen (secondary N) is 1. The van der Waals surface area contributed by atoms with Crippen LogP contribution in [-0.4, -0.2) is 46.2 Å². The third kappa shape index (κ3) is 4.84. The van der Waals surface area contributed by atoms with E-state index in [2.05, 4.69) is 15.3 Å². The number of aromatic nitrogens is 2. The minimum atomic E-state index is -5.32. The Morgan fingerprint density at radius 1 is 1.12 bits per heavy atom. The molecule has 2 aromatic heterocycles. The van der Waals surface area contributed by atoms with E-state index in [1.54, 1.807) is 25.3 Å². The Labute approximate surface area is 231 Å². The number of alkyl halides is 3. The molecule has 5 rings (SSSR count). The monoisotopic (exact) mass is 568 g/mol. The van der Waals surface area contributed by atoms with Crippen molar-refractivity contribution in [2.75, 3.05) is 13.2 Å². The molecule has 2 atom stereocenters. The molecular weight excluding hydrogens is 544 g/mol. The maximum atomic E-state index is 14.6. The van der Waals surface area contributed by atoms with Crippen molar-refractivity contribution in [2.45, 2.75) is 31.0 Å². The van der Waals surface area contributed by atoms with Gasteiger partial charge in [-0.3, -0.25) is 14.6 Å². The number of pyridine rings is 2. The molecule has 8 nitrogen and oxygen atoms in total. The second-order valence-corrected chi connectivity index (χ2v) is 10.2. The summed E-state index contributed by atoms with van der Waals surface area (Å²) < 4.78 is 62.9. The number of primary amides is 1. The van der Waals surface area contributed by atoms with Crippen molar-refractivity contribution in [2.24, 2.45) is 5.73 Å². The van der Waals surface area contributed by atoms with Crippen LogP contribution in [0.4, 0.5) is 17.6 Å². The summed E-state index contributed by atoms with van der Waals surface area (Å²) in [5.74, 6) is -2.36. The summed E-state index contributed by atoms with van der Waals surface area (Å²) in [4.78, 5) is 33.6. The fourth-order valence-corrected chi connectivity index (χ4v) is 4.63. The van der Waals surface area contributed by atoms with Gasteiger partial charge in [0.15, 0.2) is 0 Å². The molecule has 1 aliphatic heterocycles. The normalized spacial score (nSPS) is 17.9. The first-order valence-corrected chi connectivity index (χ1v) is 12.4. The Kier molecular flexibility index (Phi) is 6.69. The zero-order valence-electron chi connectivity index (χ0n) is 21.8. The Morgan fingerprint density at radius 2 is 1.83 bits per heavy atom. The van der Waals surface area contributed by atoms with Gasteiger partial charge in [-0.15, -0.1) is 0 Å². The predicted molar refractivity (Wildman–Crippen MR) is 140 cm³/mol. The molecule has 2 aromatic carbocycles. The van der Waals surface area contributed by atoms with Gasteiger partial charge in [0.2, 0.25) is 11.5 Å². The van der Waals surface area contributed by atoms with Crippen LogP contribution in [0.2, 0.25) is 0 Å². The zero-order chi connectivity index (χ0) is 29.7. The molecule has 4 N–H and O–H groups in total. The van der Waals surface area contributed by atoms with Crippen LogP contribution in [0.25, 0.3) is 22.2 Å². The molecule has 0 saturated heterocycles. The van der Waals surface area contributed by atoms with Crippen molar-refractivity contribution < 1.29 is 37.0 Å². The van der Waals surface area contributed by atoms with E-state index in [0.29, 0.717) is 10.9 Å². The number of benzene rings is 2. The van der Waals surface area contributed by atoms with Crippen molar-refractivity contribution in [1.82, 2.24) is 15.3 Å². The van der Waals surface area contributed by atoms with Crippen molar-refractivity contribution in [3.05, 3.63) is 89.0 Å². The lowest BCUT2D eigenvalue weighted by molar-refractivity contribution is -0.265. The molecule has 1 aliphatic rings. The minimum absolute atomic E-state index is 0.0183. The summed E-state index contributed by atoms with van der Waals surface area (Å²) in [7, 11) is 0. The van der Waals surface area contributed by atoms with Crippen molar-refractivity contribution >= 4 is 22.7 Å². The second kappa shape index (κ2) is 9.81.